The van der Waals surface area contributed by atoms with Crippen LogP contribution in [0.2, 0.25) is 0 Å². The molecule has 33 heavy (non-hydrogen) atoms. The van der Waals surface area contributed by atoms with Gasteiger partial charge in [0, 0.05) is 19.3 Å². The molecule has 3 N–H and O–H groups in total. The van der Waals surface area contributed by atoms with Crippen molar-refractivity contribution >= 4 is 5.97 Å². The monoisotopic (exact) mass is 458 g/mol. The highest BCUT2D eigenvalue weighted by atomic mass is 16.5. The van der Waals surface area contributed by atoms with Gasteiger partial charge in [0.25, 0.3) is 0 Å². The van der Waals surface area contributed by atoms with E-state index < -0.39 is 5.97 Å². The number of allylic oxidation sites excluding steroid dienone is 9. The molecule has 0 aromatic carbocycles. The molecule has 0 radical (unpaired) electrons. The lowest BCUT2D eigenvalue weighted by Gasteiger charge is -2.13. The number of rotatable bonds is 17. The quantitative estimate of drug-likeness (QED) is 0.113. The standard InChI is InChI=1S/C28H42O5/c1-23(15-18-26(19-21-29)20-22-30)13-11-9-7-5-6-8-10-12-14-27(33-4)24(2)16-17-25(3)28(31)32/h6,8-12,15-19,23,27,29-30H,5,7,13-14,20-22H2,1-4H3,(H,31,32)/b8-6+,11-9+,12-10-,18-15+,24-16-,25-17+,26-19+. The third-order valence-corrected chi connectivity index (χ3v) is 5.03. The molecule has 0 fully saturated rings. The summed E-state index contributed by atoms with van der Waals surface area (Å²) in [5, 5.41) is 26.9. The Morgan fingerprint density at radius 3 is 2.30 bits per heavy atom. The Morgan fingerprint density at radius 2 is 1.67 bits per heavy atom. The summed E-state index contributed by atoms with van der Waals surface area (Å²) in [6, 6.07) is 0. The van der Waals surface area contributed by atoms with E-state index in [1.165, 1.54) is 0 Å². The minimum atomic E-state index is -0.918. The summed E-state index contributed by atoms with van der Waals surface area (Å²) in [5.41, 5.74) is 2.24. The summed E-state index contributed by atoms with van der Waals surface area (Å²) < 4.78 is 5.49. The summed E-state index contributed by atoms with van der Waals surface area (Å²) in [6.07, 6.45) is 26.0. The molecule has 0 aromatic rings. The zero-order valence-corrected chi connectivity index (χ0v) is 20.6. The molecule has 0 heterocycles. The molecule has 0 aliphatic heterocycles. The predicted octanol–water partition coefficient (Wildman–Crippen LogP) is 5.70. The SMILES string of the molecule is COC(C/C=C\C=C\CC/C=C/CC(C)/C=C/C(=C\CO)CCO)/C(C)=C\C=C(/C)C(=O)O. The Balaban J connectivity index is 4.29. The van der Waals surface area contributed by atoms with Crippen molar-refractivity contribution in [2.24, 2.45) is 5.92 Å². The molecule has 5 heteroatoms. The number of hydrogen-bond acceptors (Lipinski definition) is 4. The molecule has 0 aromatic heterocycles. The Kier molecular flexibility index (Phi) is 18.7. The third kappa shape index (κ3) is 16.8. The van der Waals surface area contributed by atoms with Crippen LogP contribution in [-0.2, 0) is 9.53 Å². The lowest BCUT2D eigenvalue weighted by Crippen LogP contribution is -2.10. The molecule has 2 unspecified atom stereocenters. The highest BCUT2D eigenvalue weighted by Gasteiger charge is 2.07. The van der Waals surface area contributed by atoms with Gasteiger partial charge in [-0.15, -0.1) is 0 Å². The molecule has 2 atom stereocenters. The zero-order valence-electron chi connectivity index (χ0n) is 20.6. The first kappa shape index (κ1) is 30.5. The van der Waals surface area contributed by atoms with E-state index in [1.807, 2.05) is 25.2 Å². The van der Waals surface area contributed by atoms with Crippen molar-refractivity contribution in [3.8, 4) is 0 Å². The van der Waals surface area contributed by atoms with Gasteiger partial charge >= 0.3 is 5.97 Å². The van der Waals surface area contributed by atoms with E-state index in [4.69, 9.17) is 20.1 Å². The maximum absolute atomic E-state index is 10.9. The van der Waals surface area contributed by atoms with Crippen LogP contribution < -0.4 is 0 Å². The average Bonchev–Trinajstić information content (AvgIpc) is 2.79. The maximum atomic E-state index is 10.9. The molecular formula is C28H42O5. The number of methoxy groups -OCH3 is 1. The van der Waals surface area contributed by atoms with Crippen LogP contribution in [0, 0.1) is 5.92 Å². The number of aliphatic hydroxyl groups excluding tert-OH is 2. The second-order valence-corrected chi connectivity index (χ2v) is 7.94. The fourth-order valence-corrected chi connectivity index (χ4v) is 2.85. The van der Waals surface area contributed by atoms with E-state index in [9.17, 15) is 4.79 Å². The van der Waals surface area contributed by atoms with E-state index >= 15 is 0 Å². The highest BCUT2D eigenvalue weighted by Crippen LogP contribution is 2.12. The van der Waals surface area contributed by atoms with Gasteiger partial charge in [-0.25, -0.2) is 4.79 Å². The number of aliphatic hydroxyl groups is 2. The number of carboxylic acids is 1. The second kappa shape index (κ2) is 20.2. The fourth-order valence-electron chi connectivity index (χ4n) is 2.85. The smallest absolute Gasteiger partial charge is 0.331 e. The Labute approximate surface area is 199 Å². The third-order valence-electron chi connectivity index (χ3n) is 5.03. The Hall–Kier alpha value is -2.47. The van der Waals surface area contributed by atoms with Crippen molar-refractivity contribution in [2.45, 2.75) is 59.0 Å². The van der Waals surface area contributed by atoms with Crippen LogP contribution in [0.15, 0.2) is 83.6 Å². The summed E-state index contributed by atoms with van der Waals surface area (Å²) >= 11 is 0. The van der Waals surface area contributed by atoms with Gasteiger partial charge in [0.2, 0.25) is 0 Å². The Bertz CT molecular complexity index is 750. The summed E-state index contributed by atoms with van der Waals surface area (Å²) in [7, 11) is 1.66. The molecule has 0 amide bonds. The van der Waals surface area contributed by atoms with Gasteiger partial charge in [-0.1, -0.05) is 73.8 Å². The first-order valence-corrected chi connectivity index (χ1v) is 11.5. The minimum absolute atomic E-state index is 0.00771. The molecule has 184 valence electrons. The second-order valence-electron chi connectivity index (χ2n) is 7.94. The molecule has 0 saturated carbocycles. The van der Waals surface area contributed by atoms with Gasteiger partial charge in [0.15, 0.2) is 0 Å². The number of carboxylic acid groups (broad SMARTS) is 1. The lowest BCUT2D eigenvalue weighted by atomic mass is 10.0. The lowest BCUT2D eigenvalue weighted by molar-refractivity contribution is -0.132. The normalized spacial score (nSPS) is 16.0. The zero-order chi connectivity index (χ0) is 24.9. The molecule has 0 bridgehead atoms. The first-order valence-electron chi connectivity index (χ1n) is 11.5. The van der Waals surface area contributed by atoms with E-state index in [0.29, 0.717) is 17.9 Å². The van der Waals surface area contributed by atoms with Crippen molar-refractivity contribution in [3.05, 3.63) is 83.6 Å². The van der Waals surface area contributed by atoms with E-state index in [-0.39, 0.29) is 19.3 Å². The van der Waals surface area contributed by atoms with Crippen molar-refractivity contribution in [1.82, 2.24) is 0 Å². The molecule has 0 aliphatic rings. The molecule has 0 aliphatic carbocycles. The van der Waals surface area contributed by atoms with Gasteiger partial charge in [-0.3, -0.25) is 0 Å². The molecular weight excluding hydrogens is 416 g/mol. The molecule has 0 saturated heterocycles. The fraction of sp³-hybridized carbons (Fsp3) is 0.464. The summed E-state index contributed by atoms with van der Waals surface area (Å²) in [6.45, 7) is 5.73. The maximum Gasteiger partial charge on any atom is 0.331 e. The van der Waals surface area contributed by atoms with Crippen LogP contribution in [0.25, 0.3) is 0 Å². The number of aliphatic carboxylic acids is 1. The Morgan fingerprint density at radius 1 is 0.970 bits per heavy atom. The number of hydrogen-bond donors (Lipinski definition) is 3. The molecule has 0 spiro atoms. The van der Waals surface area contributed by atoms with E-state index in [1.54, 1.807) is 32.3 Å². The predicted molar refractivity (Wildman–Crippen MR) is 137 cm³/mol. The van der Waals surface area contributed by atoms with E-state index in [2.05, 4.69) is 37.3 Å². The molecule has 5 nitrogen and oxygen atoms in total. The average molecular weight is 459 g/mol. The van der Waals surface area contributed by atoms with E-state index in [0.717, 1.165) is 36.8 Å². The van der Waals surface area contributed by atoms with Crippen LogP contribution in [0.5, 0.6) is 0 Å². The van der Waals surface area contributed by atoms with Crippen LogP contribution in [0.1, 0.15) is 52.9 Å². The first-order chi connectivity index (χ1) is 15.8. The van der Waals surface area contributed by atoms with Gasteiger partial charge in [0.05, 0.1) is 12.7 Å². The number of carbonyl (C=O) groups is 1. The minimum Gasteiger partial charge on any atom is -0.478 e. The van der Waals surface area contributed by atoms with Crippen LogP contribution >= 0.6 is 0 Å². The molecule has 0 rings (SSSR count). The summed E-state index contributed by atoms with van der Waals surface area (Å²) in [5.74, 6) is -0.519. The highest BCUT2D eigenvalue weighted by molar-refractivity contribution is 5.86. The van der Waals surface area contributed by atoms with Crippen molar-refractivity contribution in [1.29, 1.82) is 0 Å². The summed E-state index contributed by atoms with van der Waals surface area (Å²) in [4.78, 5) is 10.9. The van der Waals surface area contributed by atoms with Gasteiger partial charge in [-0.05, 0) is 63.0 Å². The van der Waals surface area contributed by atoms with Crippen molar-refractivity contribution in [2.75, 3.05) is 20.3 Å². The largest absolute Gasteiger partial charge is 0.478 e. The van der Waals surface area contributed by atoms with Crippen molar-refractivity contribution in [3.63, 3.8) is 0 Å². The van der Waals surface area contributed by atoms with Gasteiger partial charge < -0.3 is 20.1 Å². The number of unbranched alkanes of at least 4 members (excludes halogenated alkanes) is 1. The topological polar surface area (TPSA) is 87.0 Å². The van der Waals surface area contributed by atoms with Gasteiger partial charge in [0.1, 0.15) is 0 Å². The van der Waals surface area contributed by atoms with Crippen LogP contribution in [0.4, 0.5) is 0 Å². The van der Waals surface area contributed by atoms with Crippen LogP contribution in [0.3, 0.4) is 0 Å². The van der Waals surface area contributed by atoms with Crippen molar-refractivity contribution < 1.29 is 24.9 Å². The van der Waals surface area contributed by atoms with Crippen LogP contribution in [-0.4, -0.2) is 47.7 Å². The number of ether oxygens (including phenoxy) is 1. The van der Waals surface area contributed by atoms with Gasteiger partial charge in [-0.2, -0.15) is 0 Å².